The monoisotopic (exact) mass is 378 g/mol. The number of amides is 1. The average Bonchev–Trinajstić information content (AvgIpc) is 3.35. The van der Waals surface area contributed by atoms with Gasteiger partial charge in [0.1, 0.15) is 6.33 Å². The van der Waals surface area contributed by atoms with E-state index < -0.39 is 0 Å². The Morgan fingerprint density at radius 2 is 1.89 bits per heavy atom. The number of benzene rings is 2. The summed E-state index contributed by atoms with van der Waals surface area (Å²) in [6, 6.07) is 17.0. The van der Waals surface area contributed by atoms with Crippen LogP contribution in [-0.4, -0.2) is 38.8 Å². The summed E-state index contributed by atoms with van der Waals surface area (Å²) in [7, 11) is 0. The molecule has 1 saturated heterocycles. The van der Waals surface area contributed by atoms with E-state index in [0.29, 0.717) is 23.7 Å². The van der Waals surface area contributed by atoms with Crippen LogP contribution >= 0.6 is 11.8 Å². The lowest BCUT2D eigenvalue weighted by atomic mass is 10.1. The molecule has 27 heavy (non-hydrogen) atoms. The smallest absolute Gasteiger partial charge is 0.227 e. The highest BCUT2D eigenvalue weighted by Crippen LogP contribution is 2.24. The number of thioether (sulfide) groups is 1. The number of hydrogen-bond donors (Lipinski definition) is 0. The van der Waals surface area contributed by atoms with Crippen LogP contribution in [0.1, 0.15) is 23.2 Å². The molecular weight excluding hydrogens is 360 g/mol. The molecule has 0 saturated carbocycles. The summed E-state index contributed by atoms with van der Waals surface area (Å²) >= 11 is 1.35. The Balaban J connectivity index is 1.47. The van der Waals surface area contributed by atoms with Crippen molar-refractivity contribution in [2.24, 2.45) is 0 Å². The lowest BCUT2D eigenvalue weighted by Crippen LogP contribution is -2.23. The van der Waals surface area contributed by atoms with Gasteiger partial charge in [-0.1, -0.05) is 42.1 Å². The maximum Gasteiger partial charge on any atom is 0.227 e. The molecule has 136 valence electrons. The highest BCUT2D eigenvalue weighted by molar-refractivity contribution is 7.99. The van der Waals surface area contributed by atoms with E-state index in [1.165, 1.54) is 11.8 Å². The van der Waals surface area contributed by atoms with E-state index >= 15 is 0 Å². The van der Waals surface area contributed by atoms with Crippen molar-refractivity contribution in [3.63, 3.8) is 0 Å². The van der Waals surface area contributed by atoms with Gasteiger partial charge in [0.2, 0.25) is 5.91 Å². The second-order valence-electron chi connectivity index (χ2n) is 6.23. The van der Waals surface area contributed by atoms with E-state index in [1.54, 1.807) is 23.4 Å². The first-order valence-corrected chi connectivity index (χ1v) is 9.73. The van der Waals surface area contributed by atoms with E-state index in [0.717, 1.165) is 17.8 Å². The number of Topliss-reactive ketones (excluding diaryl/α,β-unsaturated/α-hetero) is 1. The van der Waals surface area contributed by atoms with Crippen LogP contribution in [0.2, 0.25) is 0 Å². The molecule has 1 aromatic heterocycles. The van der Waals surface area contributed by atoms with Crippen molar-refractivity contribution in [2.45, 2.75) is 18.0 Å². The minimum atomic E-state index is -0.00360. The molecule has 4 rings (SSSR count). The molecule has 0 spiro atoms. The van der Waals surface area contributed by atoms with E-state index in [2.05, 4.69) is 10.2 Å². The van der Waals surface area contributed by atoms with Crippen molar-refractivity contribution in [2.75, 3.05) is 17.2 Å². The Morgan fingerprint density at radius 3 is 2.67 bits per heavy atom. The van der Waals surface area contributed by atoms with Crippen molar-refractivity contribution in [1.82, 2.24) is 14.8 Å². The maximum atomic E-state index is 12.7. The predicted molar refractivity (Wildman–Crippen MR) is 104 cm³/mol. The molecule has 0 atom stereocenters. The molecule has 1 aliphatic heterocycles. The number of aromatic nitrogens is 3. The summed E-state index contributed by atoms with van der Waals surface area (Å²) in [5, 5.41) is 8.75. The Morgan fingerprint density at radius 1 is 1.07 bits per heavy atom. The van der Waals surface area contributed by atoms with Crippen molar-refractivity contribution >= 4 is 29.1 Å². The number of hydrogen-bond acceptors (Lipinski definition) is 5. The highest BCUT2D eigenvalue weighted by Gasteiger charge is 2.22. The van der Waals surface area contributed by atoms with Crippen LogP contribution in [0.25, 0.3) is 5.69 Å². The molecule has 0 bridgehead atoms. The lowest BCUT2D eigenvalue weighted by Gasteiger charge is -2.16. The number of nitrogens with zero attached hydrogens (tertiary/aromatic N) is 4. The predicted octanol–water partition coefficient (Wildman–Crippen LogP) is 3.37. The maximum absolute atomic E-state index is 12.7. The van der Waals surface area contributed by atoms with Crippen molar-refractivity contribution in [3.8, 4) is 5.69 Å². The first kappa shape index (κ1) is 17.5. The van der Waals surface area contributed by atoms with Gasteiger partial charge in [-0.15, -0.1) is 10.2 Å². The molecule has 7 heteroatoms. The van der Waals surface area contributed by atoms with E-state index in [-0.39, 0.29) is 17.4 Å². The van der Waals surface area contributed by atoms with Crippen LogP contribution in [0, 0.1) is 0 Å². The topological polar surface area (TPSA) is 68.1 Å². The Kier molecular flexibility index (Phi) is 5.02. The Bertz CT molecular complexity index is 971. The largest absolute Gasteiger partial charge is 0.312 e. The third-order valence-corrected chi connectivity index (χ3v) is 5.38. The molecule has 6 nitrogen and oxygen atoms in total. The van der Waals surface area contributed by atoms with E-state index in [9.17, 15) is 9.59 Å². The standard InChI is InChI=1S/C20H18N4O2S/c25-18(15-6-4-9-17(12-15)23-11-5-10-19(23)26)13-27-20-22-21-14-24(20)16-7-2-1-3-8-16/h1-4,6-9,12,14H,5,10-11,13H2. The summed E-state index contributed by atoms with van der Waals surface area (Å²) in [4.78, 5) is 26.3. The molecule has 3 aromatic rings. The SMILES string of the molecule is O=C(CSc1nncn1-c1ccccc1)c1cccc(N2CCCC2=O)c1. The van der Waals surface area contributed by atoms with E-state index in [1.807, 2.05) is 47.0 Å². The quantitative estimate of drug-likeness (QED) is 0.486. The van der Waals surface area contributed by atoms with Gasteiger partial charge in [0, 0.05) is 29.9 Å². The number of anilines is 1. The van der Waals surface area contributed by atoms with Crippen LogP contribution in [0.3, 0.4) is 0 Å². The van der Waals surface area contributed by atoms with Gasteiger partial charge in [-0.3, -0.25) is 14.2 Å². The zero-order valence-corrected chi connectivity index (χ0v) is 15.4. The molecule has 1 aliphatic rings. The minimum Gasteiger partial charge on any atom is -0.312 e. The molecule has 1 fully saturated rings. The Labute approximate surface area is 161 Å². The number of carbonyl (C=O) groups is 2. The molecule has 0 radical (unpaired) electrons. The zero-order chi connectivity index (χ0) is 18.6. The van der Waals surface area contributed by atoms with Gasteiger partial charge in [0.15, 0.2) is 10.9 Å². The molecular formula is C20H18N4O2S. The molecule has 0 N–H and O–H groups in total. The van der Waals surface area contributed by atoms with Crippen molar-refractivity contribution in [1.29, 1.82) is 0 Å². The van der Waals surface area contributed by atoms with Gasteiger partial charge < -0.3 is 4.90 Å². The van der Waals surface area contributed by atoms with Gasteiger partial charge in [-0.2, -0.15) is 0 Å². The van der Waals surface area contributed by atoms with Gasteiger partial charge in [-0.25, -0.2) is 0 Å². The molecule has 0 aliphatic carbocycles. The number of rotatable bonds is 6. The van der Waals surface area contributed by atoms with Gasteiger partial charge in [0.25, 0.3) is 0 Å². The number of carbonyl (C=O) groups excluding carboxylic acids is 2. The first-order valence-electron chi connectivity index (χ1n) is 8.74. The normalized spacial score (nSPS) is 13.9. The molecule has 0 unspecified atom stereocenters. The third-order valence-electron chi connectivity index (χ3n) is 4.44. The fourth-order valence-corrected chi connectivity index (χ4v) is 3.89. The summed E-state index contributed by atoms with van der Waals surface area (Å²) in [6.07, 6.45) is 3.08. The van der Waals surface area contributed by atoms with Crippen molar-refractivity contribution < 1.29 is 9.59 Å². The summed E-state index contributed by atoms with van der Waals surface area (Å²) in [6.45, 7) is 0.714. The van der Waals surface area contributed by atoms with Gasteiger partial charge >= 0.3 is 0 Å². The minimum absolute atomic E-state index is 0.00360. The second-order valence-corrected chi connectivity index (χ2v) is 7.17. The third kappa shape index (κ3) is 3.78. The van der Waals surface area contributed by atoms with Crippen molar-refractivity contribution in [3.05, 3.63) is 66.5 Å². The number of ketones is 1. The zero-order valence-electron chi connectivity index (χ0n) is 14.6. The molecule has 1 amide bonds. The van der Waals surface area contributed by atoms with Crippen LogP contribution in [0.4, 0.5) is 5.69 Å². The molecule has 2 heterocycles. The number of para-hydroxylation sites is 1. The van der Waals surface area contributed by atoms with Gasteiger partial charge in [-0.05, 0) is 30.7 Å². The van der Waals surface area contributed by atoms with Gasteiger partial charge in [0.05, 0.1) is 5.75 Å². The molecule has 2 aromatic carbocycles. The second kappa shape index (κ2) is 7.75. The van der Waals surface area contributed by atoms with Crippen LogP contribution < -0.4 is 4.90 Å². The Hall–Kier alpha value is -2.93. The lowest BCUT2D eigenvalue weighted by molar-refractivity contribution is -0.117. The summed E-state index contributed by atoms with van der Waals surface area (Å²) in [5.74, 6) is 0.365. The van der Waals surface area contributed by atoms with E-state index in [4.69, 9.17) is 0 Å². The fourth-order valence-electron chi connectivity index (χ4n) is 3.07. The average molecular weight is 378 g/mol. The summed E-state index contributed by atoms with van der Waals surface area (Å²) < 4.78 is 1.86. The van der Waals surface area contributed by atoms with Crippen LogP contribution in [0.15, 0.2) is 66.1 Å². The van der Waals surface area contributed by atoms with Crippen LogP contribution in [-0.2, 0) is 4.79 Å². The van der Waals surface area contributed by atoms with Crippen LogP contribution in [0.5, 0.6) is 0 Å². The fraction of sp³-hybridized carbons (Fsp3) is 0.200. The first-order chi connectivity index (χ1) is 13.2. The summed E-state index contributed by atoms with van der Waals surface area (Å²) in [5.41, 5.74) is 2.35. The highest BCUT2D eigenvalue weighted by atomic mass is 32.2.